The van der Waals surface area contributed by atoms with Gasteiger partial charge in [0.1, 0.15) is 47.9 Å². The number of carboxylic acids is 1. The number of nitrogens with zero attached hydrogens (tertiary/aromatic N) is 5. The number of hydrogen-bond donors (Lipinski definition) is 10. The fourth-order valence-electron chi connectivity index (χ4n) is 4.83. The number of carbonyl (C=O) groups excluding carboxylic acids is 1. The number of aromatic nitrogens is 5. The van der Waals surface area contributed by atoms with Crippen molar-refractivity contribution in [3.63, 3.8) is 0 Å². The molecule has 282 valence electrons. The lowest BCUT2D eigenvalue weighted by atomic mass is 10.1. The molecule has 0 spiro atoms. The average molecular weight is 769 g/mol. The Morgan fingerprint density at radius 3 is 2.18 bits per heavy atom. The molecule has 0 aromatic carbocycles. The zero-order valence-corrected chi connectivity index (χ0v) is 28.1. The van der Waals surface area contributed by atoms with Crippen LogP contribution in [0.2, 0.25) is 0 Å². The van der Waals surface area contributed by atoms with Crippen LogP contribution in [0.15, 0.2) is 37.2 Å². The van der Waals surface area contributed by atoms with Gasteiger partial charge in [-0.3, -0.25) is 23.2 Å². The molecule has 12 N–H and O–H groups in total. The summed E-state index contributed by atoms with van der Waals surface area (Å²) in [5.74, 6) is -1.68. The number of pyridine rings is 1. The molecule has 3 unspecified atom stereocenters. The van der Waals surface area contributed by atoms with Gasteiger partial charge in [0.05, 0.1) is 32.1 Å². The molecule has 2 aliphatic heterocycles. The van der Waals surface area contributed by atoms with Crippen molar-refractivity contribution in [2.24, 2.45) is 5.73 Å². The van der Waals surface area contributed by atoms with E-state index in [4.69, 9.17) is 35.7 Å². The molecule has 3 aromatic heterocycles. The lowest BCUT2D eigenvalue weighted by molar-refractivity contribution is -0.765. The van der Waals surface area contributed by atoms with E-state index in [1.54, 1.807) is 0 Å². The number of ether oxygens (including phenoxy) is 2. The quantitative estimate of drug-likeness (QED) is 0.0605. The molecular weight excluding hydrogens is 732 g/mol. The van der Waals surface area contributed by atoms with Gasteiger partial charge in [-0.05, 0) is 13.0 Å². The van der Waals surface area contributed by atoms with Crippen LogP contribution < -0.4 is 16.0 Å². The standard InChI is InChI=1S/C21H27N7O14P2.C4H8O3/c22-17-12-19(25-7-24-17)28(8-26-12)21-16(32)14(30)11(41-21)6-39-44(36,37)42-43(34,35)38-5-10-13(29)15(31)20(40-10)27-3-1-2-9(4-27)18(23)33;1-3(5)2-4(6)7/h1-4,7-8,10-11,13-16,20-21,29-32H,5-6H2,(H5-,22,23,24,25,33,34,35,36,37);3,5H,2H2,1H3,(H,6,7)/p+1/t10-,11-,13-,14-,15-,16-,20-,21-;/m1./s1. The maximum atomic E-state index is 12.4. The number of primary amides is 1. The van der Waals surface area contributed by atoms with Gasteiger partial charge in [0, 0.05) is 6.07 Å². The SMILES string of the molecule is CC(O)CC(=O)O.NC(=O)c1ccc[n+]([C@@H]2O[C@H](COP(=O)(O)OP(=O)(O)OC[C@H]3O[C@@H](n4cnc5c(N)ncnc54)[C@H](O)[C@@H]3O)[C@@H](O)[C@H]2O)c1. The highest BCUT2D eigenvalue weighted by atomic mass is 31.3. The van der Waals surface area contributed by atoms with Gasteiger partial charge in [-0.2, -0.15) is 8.88 Å². The van der Waals surface area contributed by atoms with Crippen LogP contribution in [-0.4, -0.2) is 128 Å². The third-order valence-corrected chi connectivity index (χ3v) is 9.82. The van der Waals surface area contributed by atoms with Gasteiger partial charge >= 0.3 is 21.6 Å². The Kier molecular flexibility index (Phi) is 12.9. The molecule has 1 amide bonds. The van der Waals surface area contributed by atoms with E-state index < -0.39 is 95.9 Å². The van der Waals surface area contributed by atoms with E-state index in [0.717, 1.165) is 6.33 Å². The first kappa shape index (κ1) is 40.2. The fraction of sp³-hybridized carbons (Fsp3) is 0.520. The topological polar surface area (TPSA) is 376 Å². The monoisotopic (exact) mass is 768 g/mol. The Bertz CT molecular complexity index is 1800. The Labute approximate surface area is 286 Å². The highest BCUT2D eigenvalue weighted by Crippen LogP contribution is 2.60. The Morgan fingerprint density at radius 1 is 1.00 bits per heavy atom. The van der Waals surface area contributed by atoms with Gasteiger partial charge in [-0.25, -0.2) is 24.1 Å². The number of phosphoric ester groups is 2. The summed E-state index contributed by atoms with van der Waals surface area (Å²) in [7, 11) is -10.7. The van der Waals surface area contributed by atoms with Crippen LogP contribution in [0.1, 0.15) is 36.2 Å². The van der Waals surface area contributed by atoms with E-state index in [-0.39, 0.29) is 29.0 Å². The average Bonchev–Trinajstić information content (AvgIpc) is 3.68. The minimum Gasteiger partial charge on any atom is -0.481 e. The van der Waals surface area contributed by atoms with Crippen LogP contribution in [0.5, 0.6) is 0 Å². The zero-order valence-electron chi connectivity index (χ0n) is 26.3. The molecule has 0 aliphatic carbocycles. The van der Waals surface area contributed by atoms with Crippen LogP contribution >= 0.6 is 15.6 Å². The number of anilines is 1. The molecule has 3 aromatic rings. The van der Waals surface area contributed by atoms with Crippen molar-refractivity contribution in [1.82, 2.24) is 19.5 Å². The first-order valence-corrected chi connectivity index (χ1v) is 17.6. The Hall–Kier alpha value is -3.58. The van der Waals surface area contributed by atoms with Crippen LogP contribution in [0.3, 0.4) is 0 Å². The number of nitrogen functional groups attached to an aromatic ring is 1. The second-order valence-electron chi connectivity index (χ2n) is 11.1. The van der Waals surface area contributed by atoms with Crippen LogP contribution in [0.25, 0.3) is 11.2 Å². The molecule has 5 heterocycles. The Balaban J connectivity index is 0.000000755. The van der Waals surface area contributed by atoms with Crippen molar-refractivity contribution < 1.29 is 86.5 Å². The van der Waals surface area contributed by atoms with Gasteiger partial charge in [-0.1, -0.05) is 0 Å². The van der Waals surface area contributed by atoms with Crippen molar-refractivity contribution in [1.29, 1.82) is 0 Å². The number of hydrogen-bond acceptors (Lipinski definition) is 18. The molecule has 2 aliphatic rings. The highest BCUT2D eigenvalue weighted by Gasteiger charge is 2.50. The largest absolute Gasteiger partial charge is 0.481 e. The number of imidazole rings is 1. The van der Waals surface area contributed by atoms with Crippen molar-refractivity contribution in [2.75, 3.05) is 18.9 Å². The van der Waals surface area contributed by atoms with E-state index in [1.165, 1.54) is 46.9 Å². The number of fused-ring (bicyclic) bond motifs is 1. The van der Waals surface area contributed by atoms with Crippen molar-refractivity contribution >= 4 is 44.5 Å². The number of rotatable bonds is 13. The van der Waals surface area contributed by atoms with E-state index in [0.29, 0.717) is 0 Å². The molecule has 5 rings (SSSR count). The van der Waals surface area contributed by atoms with Gasteiger partial charge in [0.25, 0.3) is 12.1 Å². The first-order chi connectivity index (χ1) is 23.8. The number of phosphoric acid groups is 2. The summed E-state index contributed by atoms with van der Waals surface area (Å²) in [5, 5.41) is 57.9. The molecule has 51 heavy (non-hydrogen) atoms. The van der Waals surface area contributed by atoms with Crippen LogP contribution in [0, 0.1) is 0 Å². The smallest absolute Gasteiger partial charge is 0.481 e. The lowest BCUT2D eigenvalue weighted by Gasteiger charge is -2.20. The van der Waals surface area contributed by atoms with E-state index in [9.17, 15) is 48.9 Å². The summed E-state index contributed by atoms with van der Waals surface area (Å²) < 4.78 is 52.0. The maximum Gasteiger partial charge on any atom is 0.481 e. The summed E-state index contributed by atoms with van der Waals surface area (Å²) in [6, 6.07) is 2.83. The van der Waals surface area contributed by atoms with Gasteiger partial charge in [-0.15, -0.1) is 0 Å². The number of aliphatic hydroxyl groups excluding tert-OH is 5. The fourth-order valence-corrected chi connectivity index (χ4v) is 6.92. The third-order valence-electron chi connectivity index (χ3n) is 7.22. The predicted molar refractivity (Wildman–Crippen MR) is 163 cm³/mol. The zero-order chi connectivity index (χ0) is 37.8. The molecule has 2 fully saturated rings. The van der Waals surface area contributed by atoms with Gasteiger partial charge in [0.15, 0.2) is 36.2 Å². The highest BCUT2D eigenvalue weighted by molar-refractivity contribution is 7.61. The van der Waals surface area contributed by atoms with Crippen molar-refractivity contribution in [3.05, 3.63) is 42.7 Å². The summed E-state index contributed by atoms with van der Waals surface area (Å²) in [6.45, 7) is -0.357. The molecule has 0 radical (unpaired) electrons. The summed E-state index contributed by atoms with van der Waals surface area (Å²) in [4.78, 5) is 53.0. The summed E-state index contributed by atoms with van der Waals surface area (Å²) in [6.07, 6.45) is -7.74. The second kappa shape index (κ2) is 16.4. The van der Waals surface area contributed by atoms with E-state index in [2.05, 4.69) is 23.8 Å². The van der Waals surface area contributed by atoms with Crippen LogP contribution in [-0.2, 0) is 36.8 Å². The molecule has 0 bridgehead atoms. The third kappa shape index (κ3) is 10.1. The molecule has 24 nitrogen and oxygen atoms in total. The molecule has 26 heteroatoms. The molecule has 11 atom stereocenters. The minimum absolute atomic E-state index is 0.0505. The number of carboxylic acid groups (broad SMARTS) is 1. The molecule has 2 saturated heterocycles. The van der Waals surface area contributed by atoms with Crippen molar-refractivity contribution in [3.8, 4) is 0 Å². The van der Waals surface area contributed by atoms with E-state index in [1.807, 2.05) is 0 Å². The van der Waals surface area contributed by atoms with Crippen LogP contribution in [0.4, 0.5) is 5.82 Å². The number of aliphatic carboxylic acids is 1. The van der Waals surface area contributed by atoms with Crippen molar-refractivity contribution in [2.45, 2.75) is 68.5 Å². The minimum atomic E-state index is -5.37. The number of carbonyl (C=O) groups is 2. The number of amides is 1. The number of aliphatic hydroxyl groups is 5. The summed E-state index contributed by atoms with van der Waals surface area (Å²) >= 11 is 0. The van der Waals surface area contributed by atoms with E-state index >= 15 is 0 Å². The lowest BCUT2D eigenvalue weighted by Crippen LogP contribution is -2.46. The first-order valence-electron chi connectivity index (χ1n) is 14.6. The van der Waals surface area contributed by atoms with Gasteiger partial charge in [0.2, 0.25) is 0 Å². The Morgan fingerprint density at radius 2 is 1.61 bits per heavy atom. The number of nitrogens with two attached hydrogens (primary N) is 2. The predicted octanol–water partition coefficient (Wildman–Crippen LogP) is -3.17. The second-order valence-corrected chi connectivity index (χ2v) is 14.2. The summed E-state index contributed by atoms with van der Waals surface area (Å²) in [5.41, 5.74) is 11.4. The van der Waals surface area contributed by atoms with Gasteiger partial charge < -0.3 is 61.4 Å². The molecular formula is C25H36N7O17P2+. The normalized spacial score (nSPS) is 29.1. The maximum absolute atomic E-state index is 12.4. The molecule has 0 saturated carbocycles.